The third kappa shape index (κ3) is 1.03. The van der Waals surface area contributed by atoms with Crippen LogP contribution >= 0.6 is 0 Å². The third-order valence-corrected chi connectivity index (χ3v) is 1.62. The summed E-state index contributed by atoms with van der Waals surface area (Å²) in [5.74, 6) is 0.781. The van der Waals surface area contributed by atoms with E-state index in [4.69, 9.17) is 9.15 Å². The van der Waals surface area contributed by atoms with Crippen molar-refractivity contribution in [3.8, 4) is 5.75 Å². The Morgan fingerprint density at radius 2 is 2.42 bits per heavy atom. The first-order chi connectivity index (χ1) is 5.92. The van der Waals surface area contributed by atoms with Gasteiger partial charge in [-0.2, -0.15) is 0 Å². The molecular weight excluding hydrogens is 154 g/mol. The average Bonchev–Trinajstić information content (AvgIpc) is 2.53. The van der Waals surface area contributed by atoms with Gasteiger partial charge in [-0.3, -0.25) is 0 Å². The SMILES string of the molecule is CCOc1cccc2ocnc12. The molecule has 1 heterocycles. The Morgan fingerprint density at radius 3 is 3.25 bits per heavy atom. The van der Waals surface area contributed by atoms with E-state index >= 15 is 0 Å². The van der Waals surface area contributed by atoms with E-state index in [9.17, 15) is 0 Å². The molecule has 0 fully saturated rings. The van der Waals surface area contributed by atoms with Gasteiger partial charge in [-0.25, -0.2) is 4.98 Å². The van der Waals surface area contributed by atoms with Crippen LogP contribution in [0.2, 0.25) is 0 Å². The van der Waals surface area contributed by atoms with Gasteiger partial charge in [-0.05, 0) is 19.1 Å². The standard InChI is InChI=1S/C9H9NO2/c1-2-11-7-4-3-5-8-9(7)10-6-12-8/h3-6H,2H2,1H3. The minimum Gasteiger partial charge on any atom is -0.491 e. The Hall–Kier alpha value is -1.51. The molecule has 1 aromatic carbocycles. The smallest absolute Gasteiger partial charge is 0.182 e. The average molecular weight is 163 g/mol. The molecule has 0 radical (unpaired) electrons. The number of fused-ring (bicyclic) bond motifs is 1. The molecule has 0 atom stereocenters. The molecule has 0 saturated heterocycles. The van der Waals surface area contributed by atoms with Gasteiger partial charge in [0.25, 0.3) is 0 Å². The van der Waals surface area contributed by atoms with Crippen molar-refractivity contribution in [2.24, 2.45) is 0 Å². The summed E-state index contributed by atoms with van der Waals surface area (Å²) < 4.78 is 10.5. The van der Waals surface area contributed by atoms with Gasteiger partial charge in [-0.15, -0.1) is 0 Å². The maximum absolute atomic E-state index is 5.35. The lowest BCUT2D eigenvalue weighted by molar-refractivity contribution is 0.343. The zero-order valence-corrected chi connectivity index (χ0v) is 6.78. The molecule has 12 heavy (non-hydrogen) atoms. The van der Waals surface area contributed by atoms with Crippen LogP contribution < -0.4 is 4.74 Å². The van der Waals surface area contributed by atoms with Crippen molar-refractivity contribution in [3.63, 3.8) is 0 Å². The van der Waals surface area contributed by atoms with Crippen LogP contribution in [0.15, 0.2) is 29.0 Å². The van der Waals surface area contributed by atoms with Gasteiger partial charge in [0.2, 0.25) is 0 Å². The molecule has 0 spiro atoms. The number of benzene rings is 1. The van der Waals surface area contributed by atoms with E-state index in [0.29, 0.717) is 6.61 Å². The number of nitrogens with zero attached hydrogens (tertiary/aromatic N) is 1. The quantitative estimate of drug-likeness (QED) is 0.680. The number of hydrogen-bond acceptors (Lipinski definition) is 3. The molecule has 0 aliphatic rings. The van der Waals surface area contributed by atoms with E-state index in [-0.39, 0.29) is 0 Å². The summed E-state index contributed by atoms with van der Waals surface area (Å²) >= 11 is 0. The van der Waals surface area contributed by atoms with Crippen molar-refractivity contribution in [2.75, 3.05) is 6.61 Å². The summed E-state index contributed by atoms with van der Waals surface area (Å²) in [6.07, 6.45) is 1.42. The van der Waals surface area contributed by atoms with Crippen molar-refractivity contribution in [2.45, 2.75) is 6.92 Å². The predicted octanol–water partition coefficient (Wildman–Crippen LogP) is 2.23. The molecule has 0 aliphatic carbocycles. The van der Waals surface area contributed by atoms with Gasteiger partial charge in [-0.1, -0.05) is 6.07 Å². The molecule has 0 bridgehead atoms. The lowest BCUT2D eigenvalue weighted by Gasteiger charge is -2.01. The maximum atomic E-state index is 5.35. The predicted molar refractivity (Wildman–Crippen MR) is 45.2 cm³/mol. The van der Waals surface area contributed by atoms with E-state index in [1.54, 1.807) is 0 Å². The van der Waals surface area contributed by atoms with E-state index in [0.717, 1.165) is 16.8 Å². The first-order valence-corrected chi connectivity index (χ1v) is 3.87. The van der Waals surface area contributed by atoms with Crippen LogP contribution in [0, 0.1) is 0 Å². The number of hydrogen-bond donors (Lipinski definition) is 0. The summed E-state index contributed by atoms with van der Waals surface area (Å²) in [6.45, 7) is 2.59. The Balaban J connectivity index is 2.57. The van der Waals surface area contributed by atoms with Crippen LogP contribution in [0.25, 0.3) is 11.1 Å². The number of ether oxygens (including phenoxy) is 1. The molecule has 0 unspecified atom stereocenters. The molecule has 62 valence electrons. The second-order valence-electron chi connectivity index (χ2n) is 2.39. The summed E-state index contributed by atoms with van der Waals surface area (Å²) in [6, 6.07) is 5.64. The van der Waals surface area contributed by atoms with Gasteiger partial charge in [0.1, 0.15) is 5.75 Å². The van der Waals surface area contributed by atoms with Crippen LogP contribution in [-0.4, -0.2) is 11.6 Å². The highest BCUT2D eigenvalue weighted by molar-refractivity contribution is 5.79. The number of oxazole rings is 1. The first kappa shape index (κ1) is 7.16. The Morgan fingerprint density at radius 1 is 1.50 bits per heavy atom. The molecule has 2 rings (SSSR count). The highest BCUT2D eigenvalue weighted by Crippen LogP contribution is 2.23. The van der Waals surface area contributed by atoms with Crippen molar-refractivity contribution in [1.29, 1.82) is 0 Å². The summed E-state index contributed by atoms with van der Waals surface area (Å²) in [5.41, 5.74) is 1.56. The molecular formula is C9H9NO2. The van der Waals surface area contributed by atoms with Gasteiger partial charge in [0, 0.05) is 0 Å². The van der Waals surface area contributed by atoms with Crippen molar-refractivity contribution in [1.82, 2.24) is 4.98 Å². The Kier molecular flexibility index (Phi) is 1.70. The van der Waals surface area contributed by atoms with Crippen LogP contribution in [0.5, 0.6) is 5.75 Å². The molecule has 0 N–H and O–H groups in total. The van der Waals surface area contributed by atoms with Crippen molar-refractivity contribution >= 4 is 11.1 Å². The monoisotopic (exact) mass is 163 g/mol. The minimum absolute atomic E-state index is 0.645. The highest BCUT2D eigenvalue weighted by atomic mass is 16.5. The largest absolute Gasteiger partial charge is 0.491 e. The molecule has 0 amide bonds. The van der Waals surface area contributed by atoms with Crippen molar-refractivity contribution < 1.29 is 9.15 Å². The first-order valence-electron chi connectivity index (χ1n) is 3.87. The summed E-state index contributed by atoms with van der Waals surface area (Å²) in [4.78, 5) is 4.05. The Bertz CT molecular complexity index is 381. The lowest BCUT2D eigenvalue weighted by atomic mass is 10.3. The van der Waals surface area contributed by atoms with E-state index in [1.807, 2.05) is 25.1 Å². The summed E-state index contributed by atoms with van der Waals surface area (Å²) in [7, 11) is 0. The topological polar surface area (TPSA) is 35.3 Å². The van der Waals surface area contributed by atoms with Crippen molar-refractivity contribution in [3.05, 3.63) is 24.6 Å². The molecule has 2 aromatic rings. The molecule has 0 saturated carbocycles. The van der Waals surface area contributed by atoms with Crippen LogP contribution in [0.3, 0.4) is 0 Å². The van der Waals surface area contributed by atoms with Gasteiger partial charge >= 0.3 is 0 Å². The number of aromatic nitrogens is 1. The second kappa shape index (κ2) is 2.85. The van der Waals surface area contributed by atoms with Crippen LogP contribution in [0.4, 0.5) is 0 Å². The molecule has 3 heteroatoms. The van der Waals surface area contributed by atoms with E-state index < -0.39 is 0 Å². The molecule has 0 aliphatic heterocycles. The summed E-state index contributed by atoms with van der Waals surface area (Å²) in [5, 5.41) is 0. The van der Waals surface area contributed by atoms with Gasteiger partial charge in [0.05, 0.1) is 6.61 Å². The number of para-hydroxylation sites is 1. The fourth-order valence-electron chi connectivity index (χ4n) is 1.13. The van der Waals surface area contributed by atoms with Crippen LogP contribution in [0.1, 0.15) is 6.92 Å². The van der Waals surface area contributed by atoms with Gasteiger partial charge < -0.3 is 9.15 Å². The normalized spacial score (nSPS) is 10.4. The molecule has 3 nitrogen and oxygen atoms in total. The molecule has 1 aromatic heterocycles. The van der Waals surface area contributed by atoms with E-state index in [2.05, 4.69) is 4.98 Å². The second-order valence-corrected chi connectivity index (χ2v) is 2.39. The Labute approximate surface area is 70.0 Å². The van der Waals surface area contributed by atoms with E-state index in [1.165, 1.54) is 6.39 Å². The number of rotatable bonds is 2. The van der Waals surface area contributed by atoms with Gasteiger partial charge in [0.15, 0.2) is 17.5 Å². The lowest BCUT2D eigenvalue weighted by Crippen LogP contribution is -1.91. The highest BCUT2D eigenvalue weighted by Gasteiger charge is 2.03. The fraction of sp³-hybridized carbons (Fsp3) is 0.222. The van der Waals surface area contributed by atoms with Crippen LogP contribution in [-0.2, 0) is 0 Å². The maximum Gasteiger partial charge on any atom is 0.182 e. The fourth-order valence-corrected chi connectivity index (χ4v) is 1.13. The zero-order chi connectivity index (χ0) is 8.39. The third-order valence-electron chi connectivity index (χ3n) is 1.62. The minimum atomic E-state index is 0.645. The zero-order valence-electron chi connectivity index (χ0n) is 6.78.